The number of benzene rings is 2. The van der Waals surface area contributed by atoms with Gasteiger partial charge in [0.1, 0.15) is 5.82 Å². The topological polar surface area (TPSA) is 95.5 Å². The van der Waals surface area contributed by atoms with E-state index in [4.69, 9.17) is 4.74 Å². The minimum absolute atomic E-state index is 0.0386. The fraction of sp³-hybridized carbons (Fsp3) is 0.188. The number of H-pyrrole nitrogens is 1. The van der Waals surface area contributed by atoms with Gasteiger partial charge in [-0.2, -0.15) is 0 Å². The van der Waals surface area contributed by atoms with Crippen LogP contribution in [0.15, 0.2) is 41.3 Å². The number of fused-ring (bicyclic) bond motifs is 1. The summed E-state index contributed by atoms with van der Waals surface area (Å²) in [6, 6.07) is 9.61. The van der Waals surface area contributed by atoms with E-state index < -0.39 is 10.0 Å². The minimum Gasteiger partial charge on any atom is -0.504 e. The summed E-state index contributed by atoms with van der Waals surface area (Å²) < 4.78 is 30.7. The maximum absolute atomic E-state index is 12.2. The van der Waals surface area contributed by atoms with Gasteiger partial charge >= 0.3 is 0 Å². The monoisotopic (exact) mass is 347 g/mol. The molecule has 0 unspecified atom stereocenters. The molecule has 0 aliphatic heterocycles. The molecule has 0 aliphatic carbocycles. The Kier molecular flexibility index (Phi) is 3.94. The Hall–Kier alpha value is -2.58. The summed E-state index contributed by atoms with van der Waals surface area (Å²) in [6.45, 7) is 0. The molecule has 7 nitrogen and oxygen atoms in total. The predicted octanol–water partition coefficient (Wildman–Crippen LogP) is 2.19. The van der Waals surface area contributed by atoms with E-state index in [2.05, 4.69) is 9.97 Å². The van der Waals surface area contributed by atoms with Crippen LogP contribution in [-0.4, -0.2) is 49.0 Å². The summed E-state index contributed by atoms with van der Waals surface area (Å²) in [5, 5.41) is 9.67. The third-order valence-corrected chi connectivity index (χ3v) is 5.50. The first-order valence-corrected chi connectivity index (χ1v) is 8.56. The second-order valence-corrected chi connectivity index (χ2v) is 7.59. The summed E-state index contributed by atoms with van der Waals surface area (Å²) in [6.07, 6.45) is 0. The number of phenolic OH excluding ortho intramolecular Hbond substituents is 1. The molecule has 2 aromatic carbocycles. The van der Waals surface area contributed by atoms with Gasteiger partial charge < -0.3 is 14.8 Å². The van der Waals surface area contributed by atoms with E-state index >= 15 is 0 Å². The van der Waals surface area contributed by atoms with E-state index in [9.17, 15) is 13.5 Å². The van der Waals surface area contributed by atoms with Gasteiger partial charge in [-0.25, -0.2) is 17.7 Å². The molecule has 1 aromatic heterocycles. The Morgan fingerprint density at radius 3 is 2.58 bits per heavy atom. The van der Waals surface area contributed by atoms with Crippen molar-refractivity contribution in [3.05, 3.63) is 36.4 Å². The molecule has 0 saturated carbocycles. The van der Waals surface area contributed by atoms with Crippen molar-refractivity contribution in [3.8, 4) is 22.9 Å². The van der Waals surface area contributed by atoms with Gasteiger partial charge in [0.2, 0.25) is 10.0 Å². The lowest BCUT2D eigenvalue weighted by Gasteiger charge is -2.10. The van der Waals surface area contributed by atoms with Crippen LogP contribution in [0.5, 0.6) is 11.5 Å². The van der Waals surface area contributed by atoms with E-state index in [0.717, 1.165) is 9.87 Å². The summed E-state index contributed by atoms with van der Waals surface area (Å²) in [7, 11) is 0.934. The minimum atomic E-state index is -3.51. The smallest absolute Gasteiger partial charge is 0.242 e. The Bertz CT molecular complexity index is 1010. The lowest BCUT2D eigenvalue weighted by Crippen LogP contribution is -2.22. The van der Waals surface area contributed by atoms with Crippen molar-refractivity contribution in [2.24, 2.45) is 0 Å². The van der Waals surface area contributed by atoms with Gasteiger partial charge in [-0.3, -0.25) is 0 Å². The number of aromatic amines is 1. The van der Waals surface area contributed by atoms with Gasteiger partial charge in [0.15, 0.2) is 11.5 Å². The van der Waals surface area contributed by atoms with Gasteiger partial charge in [-0.15, -0.1) is 0 Å². The molecule has 3 rings (SSSR count). The average Bonchev–Trinajstić information content (AvgIpc) is 2.98. The number of sulfonamides is 1. The number of nitrogens with one attached hydrogen (secondary N) is 1. The highest BCUT2D eigenvalue weighted by Crippen LogP contribution is 2.31. The lowest BCUT2D eigenvalue weighted by molar-refractivity contribution is 0.373. The summed E-state index contributed by atoms with van der Waals surface area (Å²) in [5.41, 5.74) is 1.98. The zero-order chi connectivity index (χ0) is 17.5. The SMILES string of the molecule is COc1cc(-c2nc3ccc(S(=O)(=O)N(C)C)cc3[nH]2)ccc1O. The van der Waals surface area contributed by atoms with Gasteiger partial charge in [0.25, 0.3) is 0 Å². The van der Waals surface area contributed by atoms with Gasteiger partial charge in [-0.1, -0.05) is 0 Å². The standard InChI is InChI=1S/C16H17N3O4S/c1-19(2)24(21,22)11-5-6-12-13(9-11)18-16(17-12)10-4-7-14(20)15(8-10)23-3/h4-9,20H,1-3H3,(H,17,18). The van der Waals surface area contributed by atoms with E-state index in [1.165, 1.54) is 33.3 Å². The molecular weight excluding hydrogens is 330 g/mol. The molecule has 3 aromatic rings. The van der Waals surface area contributed by atoms with Crippen LogP contribution < -0.4 is 4.74 Å². The number of aromatic nitrogens is 2. The number of hydrogen-bond donors (Lipinski definition) is 2. The second kappa shape index (κ2) is 5.81. The third kappa shape index (κ3) is 2.70. The number of nitrogens with zero attached hydrogens (tertiary/aromatic N) is 2. The Morgan fingerprint density at radius 2 is 1.92 bits per heavy atom. The Labute approximate surface area is 139 Å². The maximum atomic E-state index is 12.2. The second-order valence-electron chi connectivity index (χ2n) is 5.44. The summed E-state index contributed by atoms with van der Waals surface area (Å²) in [4.78, 5) is 7.75. The van der Waals surface area contributed by atoms with Crippen LogP contribution in [0.3, 0.4) is 0 Å². The highest BCUT2D eigenvalue weighted by Gasteiger charge is 2.18. The van der Waals surface area contributed by atoms with Crippen LogP contribution in [0.1, 0.15) is 0 Å². The van der Waals surface area contributed by atoms with E-state index in [-0.39, 0.29) is 10.6 Å². The van der Waals surface area contributed by atoms with Crippen LogP contribution in [0.4, 0.5) is 0 Å². The Balaban J connectivity index is 2.10. The molecule has 0 atom stereocenters. The first kappa shape index (κ1) is 16.3. The number of ether oxygens (including phenoxy) is 1. The van der Waals surface area contributed by atoms with Crippen molar-refractivity contribution < 1.29 is 18.3 Å². The molecule has 0 radical (unpaired) electrons. The fourth-order valence-corrected chi connectivity index (χ4v) is 3.25. The molecule has 0 saturated heterocycles. The van der Waals surface area contributed by atoms with Gasteiger partial charge in [-0.05, 0) is 36.4 Å². The highest BCUT2D eigenvalue weighted by molar-refractivity contribution is 7.89. The molecule has 0 fully saturated rings. The molecule has 126 valence electrons. The summed E-state index contributed by atoms with van der Waals surface area (Å²) >= 11 is 0. The van der Waals surface area contributed by atoms with Crippen molar-refractivity contribution in [1.29, 1.82) is 0 Å². The molecule has 2 N–H and O–H groups in total. The van der Waals surface area contributed by atoms with Crippen LogP contribution in [0.2, 0.25) is 0 Å². The first-order chi connectivity index (χ1) is 11.3. The number of methoxy groups -OCH3 is 1. The molecule has 1 heterocycles. The lowest BCUT2D eigenvalue weighted by atomic mass is 10.2. The molecule has 0 amide bonds. The quantitative estimate of drug-likeness (QED) is 0.754. The van der Waals surface area contributed by atoms with Crippen molar-refractivity contribution >= 4 is 21.1 Å². The zero-order valence-corrected chi connectivity index (χ0v) is 14.3. The predicted molar refractivity (Wildman–Crippen MR) is 90.6 cm³/mol. The number of phenols is 1. The van der Waals surface area contributed by atoms with E-state index in [1.807, 2.05) is 0 Å². The van der Waals surface area contributed by atoms with Crippen LogP contribution in [0, 0.1) is 0 Å². The average molecular weight is 347 g/mol. The number of rotatable bonds is 4. The van der Waals surface area contributed by atoms with Crippen molar-refractivity contribution in [1.82, 2.24) is 14.3 Å². The molecule has 0 aliphatic rings. The van der Waals surface area contributed by atoms with E-state index in [1.54, 1.807) is 24.3 Å². The van der Waals surface area contributed by atoms with Crippen LogP contribution in [0.25, 0.3) is 22.4 Å². The number of hydrogen-bond acceptors (Lipinski definition) is 5. The van der Waals surface area contributed by atoms with Crippen LogP contribution in [-0.2, 0) is 10.0 Å². The fourth-order valence-electron chi connectivity index (χ4n) is 2.32. The molecular formula is C16H17N3O4S. The van der Waals surface area contributed by atoms with Crippen molar-refractivity contribution in [2.75, 3.05) is 21.2 Å². The van der Waals surface area contributed by atoms with E-state index in [0.29, 0.717) is 22.6 Å². The molecule has 0 spiro atoms. The number of imidazole rings is 1. The Morgan fingerprint density at radius 1 is 1.17 bits per heavy atom. The third-order valence-electron chi connectivity index (χ3n) is 3.69. The largest absolute Gasteiger partial charge is 0.504 e. The normalized spacial score (nSPS) is 12.0. The van der Waals surface area contributed by atoms with Gasteiger partial charge in [0.05, 0.1) is 23.0 Å². The van der Waals surface area contributed by atoms with Crippen molar-refractivity contribution in [3.63, 3.8) is 0 Å². The van der Waals surface area contributed by atoms with Crippen LogP contribution >= 0.6 is 0 Å². The highest BCUT2D eigenvalue weighted by atomic mass is 32.2. The number of aromatic hydroxyl groups is 1. The molecule has 0 bridgehead atoms. The first-order valence-electron chi connectivity index (χ1n) is 7.12. The van der Waals surface area contributed by atoms with Gasteiger partial charge in [0, 0.05) is 19.7 Å². The van der Waals surface area contributed by atoms with Crippen molar-refractivity contribution in [2.45, 2.75) is 4.90 Å². The molecule has 24 heavy (non-hydrogen) atoms. The molecule has 8 heteroatoms. The zero-order valence-electron chi connectivity index (χ0n) is 13.4. The maximum Gasteiger partial charge on any atom is 0.242 e. The summed E-state index contributed by atoms with van der Waals surface area (Å²) in [5.74, 6) is 0.934.